The third kappa shape index (κ3) is 3.96. The first-order valence-corrected chi connectivity index (χ1v) is 10.6. The quantitative estimate of drug-likeness (QED) is 0.814. The van der Waals surface area contributed by atoms with Gasteiger partial charge in [-0.15, -0.1) is 11.3 Å². The Hall–Kier alpha value is -1.45. The highest BCUT2D eigenvalue weighted by atomic mass is 32.2. The van der Waals surface area contributed by atoms with E-state index in [9.17, 15) is 13.2 Å². The predicted molar refractivity (Wildman–Crippen MR) is 94.0 cm³/mol. The lowest BCUT2D eigenvalue weighted by Crippen LogP contribution is -2.36. The van der Waals surface area contributed by atoms with Crippen molar-refractivity contribution in [3.05, 3.63) is 23.0 Å². The van der Waals surface area contributed by atoms with Crippen molar-refractivity contribution in [1.29, 1.82) is 0 Å². The van der Waals surface area contributed by atoms with Gasteiger partial charge in [0.2, 0.25) is 5.91 Å². The number of carbonyl (C=O) groups is 1. The fourth-order valence-corrected chi connectivity index (χ4v) is 5.56. The molecule has 2 aromatic rings. The number of aryl methyl sites for hydroxylation is 1. The van der Waals surface area contributed by atoms with Gasteiger partial charge in [0, 0.05) is 36.3 Å². The molecule has 2 aromatic heterocycles. The van der Waals surface area contributed by atoms with Crippen molar-refractivity contribution in [3.63, 3.8) is 0 Å². The topological polar surface area (TPSA) is 83.8 Å². The summed E-state index contributed by atoms with van der Waals surface area (Å²) in [5.41, 5.74) is 1.97. The normalized spacial score (nSPS) is 20.0. The maximum Gasteiger partial charge on any atom is 0.221 e. The highest BCUT2D eigenvalue weighted by Crippen LogP contribution is 2.17. The number of carbonyl (C=O) groups excluding carboxylic acids is 1. The van der Waals surface area contributed by atoms with Crippen LogP contribution in [-0.2, 0) is 21.2 Å². The molecule has 24 heavy (non-hydrogen) atoms. The van der Waals surface area contributed by atoms with E-state index in [-0.39, 0.29) is 23.5 Å². The maximum atomic E-state index is 12.0. The van der Waals surface area contributed by atoms with Crippen LogP contribution in [0.4, 0.5) is 0 Å². The van der Waals surface area contributed by atoms with Crippen LogP contribution in [0.25, 0.3) is 4.96 Å². The molecule has 3 heterocycles. The van der Waals surface area contributed by atoms with E-state index >= 15 is 0 Å². The summed E-state index contributed by atoms with van der Waals surface area (Å²) in [6.45, 7) is 2.99. The van der Waals surface area contributed by atoms with Crippen LogP contribution in [0.3, 0.4) is 0 Å². The van der Waals surface area contributed by atoms with E-state index in [0.29, 0.717) is 25.9 Å². The number of nitrogens with zero attached hydrogens (tertiary/aromatic N) is 3. The minimum absolute atomic E-state index is 0.0331. The van der Waals surface area contributed by atoms with Crippen molar-refractivity contribution in [1.82, 2.24) is 19.6 Å². The Bertz CT molecular complexity index is 840. The Kier molecular flexibility index (Phi) is 4.93. The molecule has 0 aliphatic carbocycles. The Labute approximate surface area is 145 Å². The molecule has 0 bridgehead atoms. The average molecular weight is 371 g/mol. The van der Waals surface area contributed by atoms with Gasteiger partial charge < -0.3 is 10.2 Å². The van der Waals surface area contributed by atoms with Crippen molar-refractivity contribution in [3.8, 4) is 0 Å². The molecule has 0 spiro atoms. The summed E-state index contributed by atoms with van der Waals surface area (Å²) in [5.74, 6) is 0.414. The molecule has 3 rings (SSSR count). The zero-order valence-corrected chi connectivity index (χ0v) is 15.5. The van der Waals surface area contributed by atoms with Crippen molar-refractivity contribution in [2.45, 2.75) is 32.4 Å². The first-order valence-electron chi connectivity index (χ1n) is 7.93. The number of aromatic nitrogens is 2. The average Bonchev–Trinajstić information content (AvgIpc) is 3.19. The van der Waals surface area contributed by atoms with Crippen LogP contribution in [-0.4, -0.2) is 59.7 Å². The fraction of sp³-hybridized carbons (Fsp3) is 0.600. The number of hydrogen-bond donors (Lipinski definition) is 1. The highest BCUT2D eigenvalue weighted by Gasteiger charge is 2.30. The fourth-order valence-electron chi connectivity index (χ4n) is 2.89. The number of hydrogen-bond acceptors (Lipinski definition) is 6. The number of amides is 1. The van der Waals surface area contributed by atoms with Crippen LogP contribution < -0.4 is 5.32 Å². The van der Waals surface area contributed by atoms with Crippen molar-refractivity contribution in [2.24, 2.45) is 0 Å². The molecule has 0 radical (unpaired) electrons. The molecule has 0 aromatic carbocycles. The summed E-state index contributed by atoms with van der Waals surface area (Å²) in [6, 6.07) is 0.0331. The molecule has 1 N–H and O–H groups in total. The molecule has 0 saturated carbocycles. The van der Waals surface area contributed by atoms with Gasteiger partial charge in [-0.25, -0.2) is 13.4 Å². The Balaban J connectivity index is 1.44. The Morgan fingerprint density at radius 2 is 2.33 bits per heavy atom. The van der Waals surface area contributed by atoms with Crippen molar-refractivity contribution < 1.29 is 13.2 Å². The number of imidazole rings is 1. The minimum atomic E-state index is -2.89. The van der Waals surface area contributed by atoms with Crippen LogP contribution in [0.5, 0.6) is 0 Å². The molecule has 1 aliphatic heterocycles. The third-order valence-corrected chi connectivity index (χ3v) is 7.14. The highest BCUT2D eigenvalue weighted by molar-refractivity contribution is 7.91. The number of sulfone groups is 1. The summed E-state index contributed by atoms with van der Waals surface area (Å²) < 4.78 is 25.0. The van der Waals surface area contributed by atoms with Gasteiger partial charge in [0.15, 0.2) is 14.8 Å². The number of nitrogens with one attached hydrogen (secondary N) is 1. The molecular weight excluding hydrogens is 348 g/mol. The second kappa shape index (κ2) is 6.81. The molecule has 1 fully saturated rings. The first kappa shape index (κ1) is 17.4. The molecule has 9 heteroatoms. The van der Waals surface area contributed by atoms with Crippen LogP contribution in [0.2, 0.25) is 0 Å². The molecule has 1 amide bonds. The van der Waals surface area contributed by atoms with Gasteiger partial charge in [-0.3, -0.25) is 9.20 Å². The summed E-state index contributed by atoms with van der Waals surface area (Å²) >= 11 is 1.58. The molecule has 1 saturated heterocycles. The zero-order chi connectivity index (χ0) is 17.3. The van der Waals surface area contributed by atoms with E-state index in [1.807, 2.05) is 34.8 Å². The van der Waals surface area contributed by atoms with Crippen molar-refractivity contribution >= 4 is 32.0 Å². The zero-order valence-electron chi connectivity index (χ0n) is 13.9. The third-order valence-electron chi connectivity index (χ3n) is 4.43. The van der Waals surface area contributed by atoms with Crippen LogP contribution in [0, 0.1) is 6.92 Å². The number of rotatable bonds is 6. The van der Waals surface area contributed by atoms with Crippen LogP contribution in [0.1, 0.15) is 24.2 Å². The smallest absolute Gasteiger partial charge is 0.221 e. The Morgan fingerprint density at radius 1 is 1.54 bits per heavy atom. The van der Waals surface area contributed by atoms with Crippen LogP contribution in [0.15, 0.2) is 11.6 Å². The van der Waals surface area contributed by atoms with E-state index in [1.54, 1.807) is 11.3 Å². The second-order valence-corrected chi connectivity index (χ2v) is 9.39. The van der Waals surface area contributed by atoms with Crippen molar-refractivity contribution in [2.75, 3.05) is 25.1 Å². The summed E-state index contributed by atoms with van der Waals surface area (Å²) in [6.07, 6.45) is 2.95. The standard InChI is InChI=1S/C15H22N4O3S2/c1-11-9-23-15-17-12(8-19(11)15)7-16-14(20)3-5-18(2)13-4-6-24(21,22)10-13/h8-9,13H,3-7,10H2,1-2H3,(H,16,20)/t13-/m0/s1. The Morgan fingerprint density at radius 3 is 3.00 bits per heavy atom. The molecule has 1 aliphatic rings. The lowest BCUT2D eigenvalue weighted by Gasteiger charge is -2.22. The van der Waals surface area contributed by atoms with E-state index in [4.69, 9.17) is 0 Å². The predicted octanol–water partition coefficient (Wildman–Crippen LogP) is 0.829. The van der Waals surface area contributed by atoms with E-state index in [0.717, 1.165) is 16.3 Å². The van der Waals surface area contributed by atoms with Crippen LogP contribution >= 0.6 is 11.3 Å². The SMILES string of the molecule is Cc1csc2nc(CNC(=O)CCN(C)[C@H]3CCS(=O)(=O)C3)cn12. The lowest BCUT2D eigenvalue weighted by atomic mass is 10.2. The van der Waals surface area contributed by atoms with E-state index < -0.39 is 9.84 Å². The van der Waals surface area contributed by atoms with Gasteiger partial charge in [-0.1, -0.05) is 0 Å². The van der Waals surface area contributed by atoms with Gasteiger partial charge in [0.05, 0.1) is 23.7 Å². The second-order valence-electron chi connectivity index (χ2n) is 6.33. The molecular formula is C15H22N4O3S2. The molecule has 132 valence electrons. The largest absolute Gasteiger partial charge is 0.350 e. The first-order chi connectivity index (χ1) is 11.3. The number of thiazole rings is 1. The van der Waals surface area contributed by atoms with E-state index in [1.165, 1.54) is 0 Å². The summed E-state index contributed by atoms with van der Waals surface area (Å²) in [4.78, 5) is 19.4. The summed E-state index contributed by atoms with van der Waals surface area (Å²) in [7, 11) is -1.01. The monoisotopic (exact) mass is 370 g/mol. The van der Waals surface area contributed by atoms with Gasteiger partial charge >= 0.3 is 0 Å². The molecule has 7 nitrogen and oxygen atoms in total. The molecule has 0 unspecified atom stereocenters. The lowest BCUT2D eigenvalue weighted by molar-refractivity contribution is -0.121. The summed E-state index contributed by atoms with van der Waals surface area (Å²) in [5, 5.41) is 4.92. The van der Waals surface area contributed by atoms with Gasteiger partial charge in [-0.05, 0) is 20.4 Å². The minimum Gasteiger partial charge on any atom is -0.350 e. The molecule has 1 atom stereocenters. The van der Waals surface area contributed by atoms with Gasteiger partial charge in [0.1, 0.15) is 0 Å². The van der Waals surface area contributed by atoms with Gasteiger partial charge in [0.25, 0.3) is 0 Å². The number of fused-ring (bicyclic) bond motifs is 1. The van der Waals surface area contributed by atoms with Gasteiger partial charge in [-0.2, -0.15) is 0 Å². The maximum absolute atomic E-state index is 12.0. The van der Waals surface area contributed by atoms with E-state index in [2.05, 4.69) is 10.3 Å².